The van der Waals surface area contributed by atoms with E-state index in [2.05, 4.69) is 10.4 Å². The summed E-state index contributed by atoms with van der Waals surface area (Å²) in [5.74, 6) is -2.36. The summed E-state index contributed by atoms with van der Waals surface area (Å²) in [6.45, 7) is 4.90. The Morgan fingerprint density at radius 2 is 2.11 bits per heavy atom. The topological polar surface area (TPSA) is 93.5 Å². The average molecular weight is 273 g/mol. The van der Waals surface area contributed by atoms with Gasteiger partial charge in [0, 0.05) is 13.2 Å². The first kappa shape index (κ1) is 14.9. The molecule has 0 fully saturated rings. The van der Waals surface area contributed by atoms with Crippen LogP contribution in [0.1, 0.15) is 32.4 Å². The number of aliphatic carboxylic acids is 1. The highest BCUT2D eigenvalue weighted by Crippen LogP contribution is 2.17. The van der Waals surface area contributed by atoms with E-state index in [1.165, 1.54) is 13.2 Å². The van der Waals surface area contributed by atoms with Gasteiger partial charge in [-0.3, -0.25) is 4.68 Å². The first-order chi connectivity index (χ1) is 8.60. The van der Waals surface area contributed by atoms with Gasteiger partial charge in [0.25, 0.3) is 0 Å². The lowest BCUT2D eigenvalue weighted by Gasteiger charge is -2.21. The summed E-state index contributed by atoms with van der Waals surface area (Å²) in [6.07, 6.45) is 0.244. The first-order valence-electron chi connectivity index (χ1n) is 5.51. The number of alkyl carbamates (subject to hydrolysis) is 1. The number of carboxylic acid groups (broad SMARTS) is 1. The molecule has 0 radical (unpaired) electrons. The fourth-order valence-corrected chi connectivity index (χ4v) is 1.37. The molecule has 0 bridgehead atoms. The Kier molecular flexibility index (Phi) is 4.13. The number of aryl methyl sites for hydroxylation is 1. The van der Waals surface area contributed by atoms with Crippen molar-refractivity contribution < 1.29 is 23.8 Å². The van der Waals surface area contributed by atoms with Crippen molar-refractivity contribution in [2.45, 2.75) is 32.4 Å². The minimum Gasteiger partial charge on any atom is -0.479 e. The number of hydrogen-bond acceptors (Lipinski definition) is 4. The first-order valence-corrected chi connectivity index (χ1v) is 5.51. The normalized spacial score (nSPS) is 12.9. The number of rotatable bonds is 3. The SMILES string of the molecule is Cn1cc(C(NC(=O)OC(C)(C)C)C(=O)O)c(F)n1. The van der Waals surface area contributed by atoms with Crippen LogP contribution in [0, 0.1) is 5.95 Å². The fourth-order valence-electron chi connectivity index (χ4n) is 1.37. The van der Waals surface area contributed by atoms with Gasteiger partial charge < -0.3 is 15.2 Å². The summed E-state index contributed by atoms with van der Waals surface area (Å²) >= 11 is 0. The quantitative estimate of drug-likeness (QED) is 0.863. The number of ether oxygens (including phenoxy) is 1. The van der Waals surface area contributed by atoms with Crippen molar-refractivity contribution in [2.75, 3.05) is 0 Å². The summed E-state index contributed by atoms with van der Waals surface area (Å²) in [4.78, 5) is 22.6. The minimum absolute atomic E-state index is 0.235. The van der Waals surface area contributed by atoms with Gasteiger partial charge in [-0.1, -0.05) is 0 Å². The molecule has 0 aromatic carbocycles. The minimum atomic E-state index is -1.55. The Bertz CT molecular complexity index is 493. The number of aromatic nitrogens is 2. The van der Waals surface area contributed by atoms with Gasteiger partial charge in [-0.05, 0) is 20.8 Å². The molecule has 0 spiro atoms. The Labute approximate surface area is 109 Å². The van der Waals surface area contributed by atoms with Gasteiger partial charge in [0.1, 0.15) is 5.60 Å². The molecule has 1 heterocycles. The fraction of sp³-hybridized carbons (Fsp3) is 0.545. The van der Waals surface area contributed by atoms with Gasteiger partial charge in [0.15, 0.2) is 6.04 Å². The largest absolute Gasteiger partial charge is 0.479 e. The number of carboxylic acids is 1. The van der Waals surface area contributed by atoms with Crippen molar-refractivity contribution in [3.05, 3.63) is 17.7 Å². The third-order valence-electron chi connectivity index (χ3n) is 2.03. The van der Waals surface area contributed by atoms with Crippen LogP contribution in [0.4, 0.5) is 9.18 Å². The standard InChI is InChI=1S/C11H16FN3O4/c1-11(2,3)19-10(18)13-7(9(16)17)6-5-15(4)14-8(6)12/h5,7H,1-4H3,(H,13,18)(H,16,17). The second kappa shape index (κ2) is 5.25. The highest BCUT2D eigenvalue weighted by Gasteiger charge is 2.29. The molecule has 1 atom stereocenters. The van der Waals surface area contributed by atoms with Crippen LogP contribution >= 0.6 is 0 Å². The van der Waals surface area contributed by atoms with Crippen LogP contribution in [0.3, 0.4) is 0 Å². The van der Waals surface area contributed by atoms with Crippen LogP contribution in [-0.4, -0.2) is 32.6 Å². The van der Waals surface area contributed by atoms with Gasteiger partial charge in [0.2, 0.25) is 5.95 Å². The molecule has 0 aliphatic carbocycles. The van der Waals surface area contributed by atoms with Gasteiger partial charge in [-0.15, -0.1) is 5.10 Å². The Morgan fingerprint density at radius 3 is 2.47 bits per heavy atom. The Hall–Kier alpha value is -2.12. The summed E-state index contributed by atoms with van der Waals surface area (Å²) in [5, 5.41) is 14.5. The Morgan fingerprint density at radius 1 is 1.53 bits per heavy atom. The van der Waals surface area contributed by atoms with E-state index in [4.69, 9.17) is 9.84 Å². The molecular weight excluding hydrogens is 257 g/mol. The van der Waals surface area contributed by atoms with Crippen LogP contribution in [0.2, 0.25) is 0 Å². The second-order valence-corrected chi connectivity index (χ2v) is 4.97. The van der Waals surface area contributed by atoms with E-state index in [1.807, 2.05) is 0 Å². The number of nitrogens with one attached hydrogen (secondary N) is 1. The maximum Gasteiger partial charge on any atom is 0.408 e. The van der Waals surface area contributed by atoms with Crippen LogP contribution in [0.15, 0.2) is 6.20 Å². The molecule has 1 amide bonds. The van der Waals surface area contributed by atoms with Gasteiger partial charge in [0.05, 0.1) is 5.56 Å². The van der Waals surface area contributed by atoms with E-state index < -0.39 is 29.7 Å². The van der Waals surface area contributed by atoms with Crippen LogP contribution in [0.25, 0.3) is 0 Å². The second-order valence-electron chi connectivity index (χ2n) is 4.97. The van der Waals surface area contributed by atoms with Gasteiger partial charge >= 0.3 is 12.1 Å². The van der Waals surface area contributed by atoms with E-state index in [0.717, 1.165) is 4.68 Å². The molecule has 0 saturated carbocycles. The summed E-state index contributed by atoms with van der Waals surface area (Å²) in [7, 11) is 1.44. The molecule has 106 valence electrons. The lowest BCUT2D eigenvalue weighted by Crippen LogP contribution is -2.38. The molecule has 19 heavy (non-hydrogen) atoms. The van der Waals surface area contributed by atoms with E-state index in [1.54, 1.807) is 20.8 Å². The molecule has 1 aromatic heterocycles. The molecular formula is C11H16FN3O4. The van der Waals surface area contributed by atoms with Crippen molar-refractivity contribution >= 4 is 12.1 Å². The predicted octanol–water partition coefficient (Wildman–Crippen LogP) is 1.21. The molecule has 1 unspecified atom stereocenters. The van der Waals surface area contributed by atoms with Crippen molar-refractivity contribution in [1.29, 1.82) is 0 Å². The zero-order valence-electron chi connectivity index (χ0n) is 11.1. The lowest BCUT2D eigenvalue weighted by molar-refractivity contribution is -0.139. The number of amides is 1. The smallest absolute Gasteiger partial charge is 0.408 e. The van der Waals surface area contributed by atoms with Crippen LogP contribution in [-0.2, 0) is 16.6 Å². The number of halogens is 1. The number of nitrogens with zero attached hydrogens (tertiary/aromatic N) is 2. The monoisotopic (exact) mass is 273 g/mol. The van der Waals surface area contributed by atoms with Crippen LogP contribution in [0.5, 0.6) is 0 Å². The third kappa shape index (κ3) is 4.23. The van der Waals surface area contributed by atoms with E-state index >= 15 is 0 Å². The maximum atomic E-state index is 13.4. The number of hydrogen-bond donors (Lipinski definition) is 2. The summed E-state index contributed by atoms with van der Waals surface area (Å²) in [5.41, 5.74) is -1.01. The van der Waals surface area contributed by atoms with Gasteiger partial charge in [-0.2, -0.15) is 4.39 Å². The molecule has 0 aliphatic heterocycles. The highest BCUT2D eigenvalue weighted by molar-refractivity contribution is 5.81. The van der Waals surface area contributed by atoms with Crippen molar-refractivity contribution in [3.8, 4) is 0 Å². The molecule has 7 nitrogen and oxygen atoms in total. The van der Waals surface area contributed by atoms with Crippen molar-refractivity contribution in [3.63, 3.8) is 0 Å². The zero-order valence-corrected chi connectivity index (χ0v) is 11.1. The van der Waals surface area contributed by atoms with E-state index in [-0.39, 0.29) is 5.56 Å². The van der Waals surface area contributed by atoms with Crippen molar-refractivity contribution in [2.24, 2.45) is 7.05 Å². The average Bonchev–Trinajstić information content (AvgIpc) is 2.51. The Balaban J connectivity index is 2.89. The van der Waals surface area contributed by atoms with E-state index in [0.29, 0.717) is 0 Å². The molecule has 2 N–H and O–H groups in total. The summed E-state index contributed by atoms with van der Waals surface area (Å²) in [6, 6.07) is -1.55. The van der Waals surface area contributed by atoms with Crippen LogP contribution < -0.4 is 5.32 Å². The van der Waals surface area contributed by atoms with Gasteiger partial charge in [-0.25, -0.2) is 9.59 Å². The number of carbonyl (C=O) groups is 2. The third-order valence-corrected chi connectivity index (χ3v) is 2.03. The predicted molar refractivity (Wildman–Crippen MR) is 62.9 cm³/mol. The zero-order chi connectivity index (χ0) is 14.8. The lowest BCUT2D eigenvalue weighted by atomic mass is 10.1. The van der Waals surface area contributed by atoms with Crippen molar-refractivity contribution in [1.82, 2.24) is 15.1 Å². The maximum absolute atomic E-state index is 13.4. The molecule has 0 aliphatic rings. The highest BCUT2D eigenvalue weighted by atomic mass is 19.1. The van der Waals surface area contributed by atoms with E-state index in [9.17, 15) is 14.0 Å². The molecule has 8 heteroatoms. The molecule has 0 saturated heterocycles. The molecule has 1 rings (SSSR count). The molecule has 1 aromatic rings. The number of carbonyl (C=O) groups excluding carboxylic acids is 1. The summed E-state index contributed by atoms with van der Waals surface area (Å²) < 4.78 is 19.5.